The van der Waals surface area contributed by atoms with Crippen molar-refractivity contribution < 1.29 is 9.59 Å². The van der Waals surface area contributed by atoms with Crippen molar-refractivity contribution in [2.75, 3.05) is 13.6 Å². The molecule has 4 aliphatic heterocycles. The van der Waals surface area contributed by atoms with Crippen molar-refractivity contribution in [3.05, 3.63) is 108 Å². The fraction of sp³-hybridized carbons (Fsp3) is 0.310. The number of carbonyl (C=O) groups excluding carboxylic acids is 2. The molecular formula is C29H28N2O2. The molecule has 0 unspecified atom stereocenters. The summed E-state index contributed by atoms with van der Waals surface area (Å²) in [6, 6.07) is 31.0. The summed E-state index contributed by atoms with van der Waals surface area (Å²) in [7, 11) is 1.85. The Morgan fingerprint density at radius 3 is 1.88 bits per heavy atom. The topological polar surface area (TPSA) is 40.6 Å². The average Bonchev–Trinajstić information content (AvgIpc) is 3.33. The standard InChI is InChI=1S/C29H28N2O2/c1-30-26(33)29-18-11-19-31(29)25(32)27(30,20-22-12-5-2-6-13-22)21-28(29,23-14-7-3-8-15-23)24-16-9-4-10-17-24/h2-10,12-17H,11,18-21H2,1H3/t27-,29+/m0/s1. The Balaban J connectivity index is 1.67. The highest BCUT2D eigenvalue weighted by Crippen LogP contribution is 2.63. The Labute approximate surface area is 194 Å². The quantitative estimate of drug-likeness (QED) is 0.615. The molecule has 166 valence electrons. The summed E-state index contributed by atoms with van der Waals surface area (Å²) in [5.74, 6) is 0.183. The van der Waals surface area contributed by atoms with E-state index in [-0.39, 0.29) is 11.8 Å². The third kappa shape index (κ3) is 2.41. The lowest BCUT2D eigenvalue weighted by molar-refractivity contribution is -0.195. The van der Waals surface area contributed by atoms with Gasteiger partial charge in [-0.1, -0.05) is 91.0 Å². The molecule has 4 fully saturated rings. The predicted molar refractivity (Wildman–Crippen MR) is 128 cm³/mol. The molecule has 4 heterocycles. The molecule has 4 nitrogen and oxygen atoms in total. The van der Waals surface area contributed by atoms with E-state index in [1.54, 1.807) is 4.90 Å². The molecule has 1 spiro atoms. The van der Waals surface area contributed by atoms with Gasteiger partial charge in [0.15, 0.2) is 0 Å². The van der Waals surface area contributed by atoms with Crippen LogP contribution in [0.2, 0.25) is 0 Å². The van der Waals surface area contributed by atoms with Crippen LogP contribution in [0, 0.1) is 0 Å². The van der Waals surface area contributed by atoms with Gasteiger partial charge in [0, 0.05) is 20.0 Å². The number of fused-ring (bicyclic) bond motifs is 2. The maximum Gasteiger partial charge on any atom is 0.250 e. The van der Waals surface area contributed by atoms with Gasteiger partial charge in [-0.25, -0.2) is 0 Å². The van der Waals surface area contributed by atoms with Crippen LogP contribution in [0.15, 0.2) is 91.0 Å². The van der Waals surface area contributed by atoms with E-state index in [9.17, 15) is 9.59 Å². The summed E-state index contributed by atoms with van der Waals surface area (Å²) < 4.78 is 0. The van der Waals surface area contributed by atoms with Crippen molar-refractivity contribution in [1.29, 1.82) is 0 Å². The zero-order chi connectivity index (χ0) is 22.7. The van der Waals surface area contributed by atoms with Gasteiger partial charge in [0.2, 0.25) is 11.8 Å². The number of carbonyl (C=O) groups is 2. The molecule has 0 aliphatic carbocycles. The molecule has 0 aromatic heterocycles. The summed E-state index contributed by atoms with van der Waals surface area (Å²) in [5, 5.41) is 0. The maximum absolute atomic E-state index is 14.4. The number of hydrogen-bond donors (Lipinski definition) is 0. The lowest BCUT2D eigenvalue weighted by Gasteiger charge is -2.68. The molecule has 0 N–H and O–H groups in total. The second-order valence-electron chi connectivity index (χ2n) is 9.79. The van der Waals surface area contributed by atoms with Gasteiger partial charge in [-0.05, 0) is 36.0 Å². The third-order valence-electron chi connectivity index (χ3n) is 8.46. The molecule has 3 aromatic rings. The van der Waals surface area contributed by atoms with E-state index in [1.807, 2.05) is 42.3 Å². The fourth-order valence-corrected chi connectivity index (χ4v) is 7.07. The van der Waals surface area contributed by atoms with Crippen LogP contribution in [0.5, 0.6) is 0 Å². The van der Waals surface area contributed by atoms with Gasteiger partial charge >= 0.3 is 0 Å². The van der Waals surface area contributed by atoms with Gasteiger partial charge in [0.05, 0.1) is 5.41 Å². The van der Waals surface area contributed by atoms with Crippen molar-refractivity contribution >= 4 is 11.8 Å². The van der Waals surface area contributed by atoms with E-state index in [4.69, 9.17) is 0 Å². The highest BCUT2D eigenvalue weighted by atomic mass is 16.2. The summed E-state index contributed by atoms with van der Waals surface area (Å²) in [6.07, 6.45) is 2.63. The molecule has 4 heteroatoms. The number of nitrogens with zero attached hydrogens (tertiary/aromatic N) is 2. The first-order valence-corrected chi connectivity index (χ1v) is 11.8. The van der Waals surface area contributed by atoms with Crippen LogP contribution in [0.1, 0.15) is 36.0 Å². The van der Waals surface area contributed by atoms with E-state index >= 15 is 0 Å². The summed E-state index contributed by atoms with van der Waals surface area (Å²) in [6.45, 7) is 0.635. The zero-order valence-electron chi connectivity index (χ0n) is 18.9. The molecule has 2 atom stereocenters. The van der Waals surface area contributed by atoms with E-state index in [2.05, 4.69) is 60.7 Å². The number of piperidine rings is 2. The molecule has 2 amide bonds. The van der Waals surface area contributed by atoms with Gasteiger partial charge in [-0.3, -0.25) is 9.59 Å². The number of piperazine rings is 1. The zero-order valence-corrected chi connectivity index (χ0v) is 18.9. The Bertz CT molecular complexity index is 1170. The van der Waals surface area contributed by atoms with E-state index in [1.165, 1.54) is 0 Å². The van der Waals surface area contributed by atoms with Gasteiger partial charge in [0.25, 0.3) is 0 Å². The normalized spacial score (nSPS) is 27.7. The Kier molecular flexibility index (Phi) is 4.32. The molecule has 0 saturated carbocycles. The van der Waals surface area contributed by atoms with Crippen molar-refractivity contribution in [2.45, 2.75) is 42.2 Å². The summed E-state index contributed by atoms with van der Waals surface area (Å²) in [5.41, 5.74) is 0.909. The lowest BCUT2D eigenvalue weighted by atomic mass is 9.49. The molecule has 0 radical (unpaired) electrons. The Hall–Kier alpha value is -3.40. The molecule has 2 bridgehead atoms. The van der Waals surface area contributed by atoms with Crippen LogP contribution in [0.3, 0.4) is 0 Å². The van der Waals surface area contributed by atoms with Crippen LogP contribution in [0.4, 0.5) is 0 Å². The number of rotatable bonds is 4. The van der Waals surface area contributed by atoms with Crippen LogP contribution in [0.25, 0.3) is 0 Å². The first-order valence-electron chi connectivity index (χ1n) is 11.8. The second-order valence-corrected chi connectivity index (χ2v) is 9.79. The van der Waals surface area contributed by atoms with Crippen LogP contribution in [-0.2, 0) is 21.4 Å². The molecule has 7 rings (SSSR count). The fourth-order valence-electron chi connectivity index (χ4n) is 7.07. The van der Waals surface area contributed by atoms with Crippen LogP contribution < -0.4 is 0 Å². The minimum Gasteiger partial charge on any atom is -0.329 e. The van der Waals surface area contributed by atoms with Crippen molar-refractivity contribution in [3.8, 4) is 0 Å². The molecule has 4 saturated heterocycles. The largest absolute Gasteiger partial charge is 0.329 e. The predicted octanol–water partition coefficient (Wildman–Crippen LogP) is 4.19. The van der Waals surface area contributed by atoms with Crippen LogP contribution >= 0.6 is 0 Å². The third-order valence-corrected chi connectivity index (χ3v) is 8.46. The molecule has 33 heavy (non-hydrogen) atoms. The number of benzene rings is 3. The van der Waals surface area contributed by atoms with Gasteiger partial charge in [-0.2, -0.15) is 0 Å². The number of hydrogen-bond acceptors (Lipinski definition) is 2. The maximum atomic E-state index is 14.4. The van der Waals surface area contributed by atoms with Crippen molar-refractivity contribution in [2.24, 2.45) is 0 Å². The number of likely N-dealkylation sites (N-methyl/N-ethyl adjacent to an activating group) is 1. The van der Waals surface area contributed by atoms with E-state index in [0.717, 1.165) is 23.1 Å². The van der Waals surface area contributed by atoms with Crippen molar-refractivity contribution in [3.63, 3.8) is 0 Å². The van der Waals surface area contributed by atoms with Gasteiger partial charge < -0.3 is 9.80 Å². The summed E-state index contributed by atoms with van der Waals surface area (Å²) in [4.78, 5) is 32.4. The van der Waals surface area contributed by atoms with Crippen molar-refractivity contribution in [1.82, 2.24) is 9.80 Å². The Morgan fingerprint density at radius 1 is 0.758 bits per heavy atom. The Morgan fingerprint density at radius 2 is 1.30 bits per heavy atom. The highest BCUT2D eigenvalue weighted by Gasteiger charge is 2.77. The molecular weight excluding hydrogens is 408 g/mol. The van der Waals surface area contributed by atoms with Gasteiger partial charge in [0.1, 0.15) is 11.1 Å². The first kappa shape index (κ1) is 20.2. The molecule has 4 aliphatic rings. The minimum atomic E-state index is -0.920. The SMILES string of the molecule is CN1C(=O)[C@@]23CCCN2C(=O)[C@]1(Cc1ccccc1)CC3(c1ccccc1)c1ccccc1. The van der Waals surface area contributed by atoms with Crippen LogP contribution in [-0.4, -0.2) is 46.3 Å². The first-order chi connectivity index (χ1) is 16.1. The van der Waals surface area contributed by atoms with E-state index < -0.39 is 16.5 Å². The summed E-state index contributed by atoms with van der Waals surface area (Å²) >= 11 is 0. The average molecular weight is 437 g/mol. The lowest BCUT2D eigenvalue weighted by Crippen LogP contribution is -2.86. The second kappa shape index (κ2) is 7.05. The monoisotopic (exact) mass is 436 g/mol. The highest BCUT2D eigenvalue weighted by molar-refractivity contribution is 6.07. The molecule has 3 aromatic carbocycles. The number of amides is 2. The van der Waals surface area contributed by atoms with Gasteiger partial charge in [-0.15, -0.1) is 0 Å². The van der Waals surface area contributed by atoms with E-state index in [0.29, 0.717) is 25.8 Å². The minimum absolute atomic E-state index is 0.0782. The smallest absolute Gasteiger partial charge is 0.250 e.